The van der Waals surface area contributed by atoms with Crippen molar-refractivity contribution in [2.75, 3.05) is 6.01 Å². The zero-order chi connectivity index (χ0) is 25.3. The van der Waals surface area contributed by atoms with Crippen LogP contribution in [0.5, 0.6) is 0 Å². The number of halogens is 3. The number of allylic oxidation sites excluding steroid dienone is 4. The Balaban J connectivity index is 1.85. The van der Waals surface area contributed by atoms with Crippen molar-refractivity contribution in [3.05, 3.63) is 23.8 Å². The van der Waals surface area contributed by atoms with Crippen LogP contribution in [0.1, 0.15) is 52.9 Å². The fourth-order valence-corrected chi connectivity index (χ4v) is 9.09. The minimum atomic E-state index is -2.28. The Morgan fingerprint density at radius 1 is 1.24 bits per heavy atom. The lowest BCUT2D eigenvalue weighted by atomic mass is 9.43. The minimum absolute atomic E-state index is 0.0219. The van der Waals surface area contributed by atoms with E-state index >= 15 is 8.78 Å². The summed E-state index contributed by atoms with van der Waals surface area (Å²) >= 11 is 0.479. The van der Waals surface area contributed by atoms with Crippen molar-refractivity contribution >= 4 is 28.6 Å². The lowest BCUT2D eigenvalue weighted by molar-refractivity contribution is -0.211. The number of hydrogen-bond donors (Lipinski definition) is 2. The summed E-state index contributed by atoms with van der Waals surface area (Å²) in [6.07, 6.45) is 0.0622. The quantitative estimate of drug-likeness (QED) is 0.574. The highest BCUT2D eigenvalue weighted by atomic mass is 32.2. The van der Waals surface area contributed by atoms with Gasteiger partial charge in [-0.3, -0.25) is 14.4 Å². The van der Waals surface area contributed by atoms with Crippen LogP contribution in [-0.2, 0) is 14.4 Å². The summed E-state index contributed by atoms with van der Waals surface area (Å²) in [4.78, 5) is 36.8. The van der Waals surface area contributed by atoms with E-state index in [4.69, 9.17) is 0 Å². The second-order valence-corrected chi connectivity index (χ2v) is 11.8. The molecule has 5 nitrogen and oxygen atoms in total. The molecule has 0 amide bonds. The first kappa shape index (κ1) is 25.5. The third kappa shape index (κ3) is 3.08. The Morgan fingerprint density at radius 2 is 1.91 bits per heavy atom. The van der Waals surface area contributed by atoms with E-state index in [2.05, 4.69) is 0 Å². The van der Waals surface area contributed by atoms with Gasteiger partial charge in [0.1, 0.15) is 12.2 Å². The number of thioether (sulfide) groups is 1. The normalized spacial score (nSPS) is 47.4. The molecule has 5 unspecified atom stereocenters. The van der Waals surface area contributed by atoms with Gasteiger partial charge in [-0.2, -0.15) is 0 Å². The van der Waals surface area contributed by atoms with Gasteiger partial charge in [0.15, 0.2) is 16.6 Å². The Bertz CT molecular complexity index is 984. The van der Waals surface area contributed by atoms with Crippen molar-refractivity contribution in [1.82, 2.24) is 0 Å². The number of aliphatic hydroxyl groups is 1. The van der Waals surface area contributed by atoms with Crippen LogP contribution in [0.3, 0.4) is 0 Å². The zero-order valence-corrected chi connectivity index (χ0v) is 20.3. The predicted molar refractivity (Wildman–Crippen MR) is 121 cm³/mol. The number of aliphatic hydroxyl groups excluding tert-OH is 1. The molecule has 3 saturated carbocycles. The molecule has 0 bridgehead atoms. The molecule has 0 radical (unpaired) electrons. The highest BCUT2D eigenvalue weighted by Crippen LogP contribution is 2.74. The van der Waals surface area contributed by atoms with Gasteiger partial charge < -0.3 is 10.2 Å². The number of fused-ring (bicyclic) bond motifs is 5. The minimum Gasteiger partial charge on any atom is -0.481 e. The first-order valence-electron chi connectivity index (χ1n) is 11.7. The van der Waals surface area contributed by atoms with Crippen molar-refractivity contribution in [2.45, 2.75) is 70.8 Å². The second-order valence-electron chi connectivity index (χ2n) is 10.9. The Labute approximate surface area is 201 Å². The molecule has 2 N–H and O–H groups in total. The Morgan fingerprint density at radius 3 is 2.53 bits per heavy atom. The number of rotatable bonds is 5. The fourth-order valence-electron chi connectivity index (χ4n) is 8.20. The molecule has 9 atom stereocenters. The van der Waals surface area contributed by atoms with Crippen LogP contribution < -0.4 is 0 Å². The molecule has 0 heterocycles. The first-order valence-corrected chi connectivity index (χ1v) is 12.7. The third-order valence-corrected chi connectivity index (χ3v) is 10.5. The summed E-state index contributed by atoms with van der Waals surface area (Å²) in [5, 5.41) is 20.3. The highest BCUT2D eigenvalue weighted by Gasteiger charge is 2.76. The third-order valence-electron chi connectivity index (χ3n) is 9.77. The lowest BCUT2D eigenvalue weighted by Gasteiger charge is -2.63. The van der Waals surface area contributed by atoms with Crippen LogP contribution in [0.15, 0.2) is 23.8 Å². The summed E-state index contributed by atoms with van der Waals surface area (Å²) in [5.41, 5.74) is -6.13. The Hall–Kier alpha value is -1.61. The van der Waals surface area contributed by atoms with Gasteiger partial charge in [0.2, 0.25) is 0 Å². The summed E-state index contributed by atoms with van der Waals surface area (Å²) in [6, 6.07) is -0.974. The van der Waals surface area contributed by atoms with E-state index in [1.54, 1.807) is 13.8 Å². The van der Waals surface area contributed by atoms with Crippen molar-refractivity contribution in [3.63, 3.8) is 0 Å². The molecular weight excluding hydrogens is 469 g/mol. The monoisotopic (exact) mass is 500 g/mol. The van der Waals surface area contributed by atoms with Gasteiger partial charge in [0.25, 0.3) is 0 Å². The van der Waals surface area contributed by atoms with E-state index in [1.165, 1.54) is 19.1 Å². The summed E-state index contributed by atoms with van der Waals surface area (Å²) in [5.74, 6) is -3.43. The summed E-state index contributed by atoms with van der Waals surface area (Å²) in [7, 11) is 0. The van der Waals surface area contributed by atoms with Crippen LogP contribution >= 0.6 is 11.8 Å². The van der Waals surface area contributed by atoms with Gasteiger partial charge in [0, 0.05) is 23.2 Å². The van der Waals surface area contributed by atoms with Crippen LogP contribution in [0.2, 0.25) is 0 Å². The number of hydrogen-bond acceptors (Lipinski definition) is 5. The fraction of sp³-hybridized carbons (Fsp3) is 0.720. The van der Waals surface area contributed by atoms with E-state index in [1.807, 2.05) is 0 Å². The van der Waals surface area contributed by atoms with Crippen molar-refractivity contribution in [3.8, 4) is 0 Å². The standard InChI is InChI=1S/C25H31F3O5S/c1-13-8-15-16-10-18(27)17-9-14(29)4-6-22(17,2)25(16,28)19(30)11-23(15,3)24(13,7-5-20(31)32)21(33)34-12-26/h4,6,9,13,15-16,18-19,30H,5,7-8,10-12H2,1-3H3,(H,31,32)/t13?,15-,16-,18?,19?,22-,23-,24?,25?/m0/s1. The Kier molecular flexibility index (Phi) is 6.16. The maximum atomic E-state index is 17.2. The first-order chi connectivity index (χ1) is 15.8. The van der Waals surface area contributed by atoms with Crippen molar-refractivity contribution in [2.24, 2.45) is 34.0 Å². The molecule has 0 saturated heterocycles. The zero-order valence-electron chi connectivity index (χ0n) is 19.5. The number of ketones is 1. The van der Waals surface area contributed by atoms with Gasteiger partial charge in [0.05, 0.1) is 6.10 Å². The molecule has 3 fully saturated rings. The number of carboxylic acids is 1. The number of aliphatic carboxylic acids is 1. The largest absolute Gasteiger partial charge is 0.481 e. The molecular formula is C25H31F3O5S. The molecule has 4 rings (SSSR count). The van der Waals surface area contributed by atoms with E-state index in [0.717, 1.165) is 6.08 Å². The molecule has 0 aromatic heterocycles. The maximum Gasteiger partial charge on any atom is 0.303 e. The van der Waals surface area contributed by atoms with Gasteiger partial charge in [-0.25, -0.2) is 13.2 Å². The van der Waals surface area contributed by atoms with Gasteiger partial charge in [-0.15, -0.1) is 0 Å². The molecule has 34 heavy (non-hydrogen) atoms. The molecule has 188 valence electrons. The average molecular weight is 501 g/mol. The van der Waals surface area contributed by atoms with Gasteiger partial charge >= 0.3 is 5.97 Å². The van der Waals surface area contributed by atoms with Crippen molar-refractivity contribution < 1.29 is 37.8 Å². The number of carboxylic acid groups (broad SMARTS) is 1. The van der Waals surface area contributed by atoms with Gasteiger partial charge in [-0.05, 0) is 67.6 Å². The number of carbonyl (C=O) groups is 3. The second kappa shape index (κ2) is 8.22. The van der Waals surface area contributed by atoms with Crippen LogP contribution in [-0.4, -0.2) is 51.0 Å². The number of carbonyl (C=O) groups excluding carboxylic acids is 2. The molecule has 0 aliphatic heterocycles. The van der Waals surface area contributed by atoms with Gasteiger partial charge in [-0.1, -0.05) is 31.7 Å². The van der Waals surface area contributed by atoms with E-state index in [0.29, 0.717) is 18.2 Å². The van der Waals surface area contributed by atoms with Crippen LogP contribution in [0.25, 0.3) is 0 Å². The van der Waals surface area contributed by atoms with Crippen molar-refractivity contribution in [1.29, 1.82) is 0 Å². The number of alkyl halides is 3. The maximum absolute atomic E-state index is 17.2. The summed E-state index contributed by atoms with van der Waals surface area (Å²) in [6.45, 7) is 5.05. The predicted octanol–water partition coefficient (Wildman–Crippen LogP) is 4.59. The molecule has 0 aromatic rings. The molecule has 9 heteroatoms. The highest BCUT2D eigenvalue weighted by molar-refractivity contribution is 8.13. The SMILES string of the molecule is CC1C[C@H]2[C@@H]3CC(F)C4=CC(=O)C=C[C@]4(C)C3(F)C(O)C[C@]2(C)C1(CCC(=O)O)C(=O)SCF. The van der Waals surface area contributed by atoms with E-state index in [9.17, 15) is 29.0 Å². The van der Waals surface area contributed by atoms with E-state index in [-0.39, 0.29) is 31.3 Å². The topological polar surface area (TPSA) is 91.7 Å². The smallest absolute Gasteiger partial charge is 0.303 e. The van der Waals surface area contributed by atoms with Crippen LogP contribution in [0.4, 0.5) is 13.2 Å². The molecule has 4 aliphatic carbocycles. The van der Waals surface area contributed by atoms with Crippen LogP contribution in [0, 0.1) is 34.0 Å². The molecule has 0 spiro atoms. The lowest BCUT2D eigenvalue weighted by Crippen LogP contribution is -2.69. The summed E-state index contributed by atoms with van der Waals surface area (Å²) < 4.78 is 46.0. The average Bonchev–Trinajstić information content (AvgIpc) is 2.97. The molecule has 0 aromatic carbocycles. The molecule has 4 aliphatic rings. The van der Waals surface area contributed by atoms with E-state index < -0.39 is 74.8 Å².